The minimum Gasteiger partial charge on any atom is -0.341 e. The van der Waals surface area contributed by atoms with Crippen LogP contribution in [-0.2, 0) is 10.0 Å². The first-order valence-corrected chi connectivity index (χ1v) is 10.2. The van der Waals surface area contributed by atoms with E-state index in [9.17, 15) is 18.0 Å². The number of piperidine rings is 1. The van der Waals surface area contributed by atoms with Crippen LogP contribution in [-0.4, -0.2) is 47.5 Å². The first-order valence-electron chi connectivity index (χ1n) is 8.73. The number of benzene rings is 1. The van der Waals surface area contributed by atoms with Crippen molar-refractivity contribution in [1.29, 1.82) is 0 Å². The van der Waals surface area contributed by atoms with Crippen molar-refractivity contribution in [2.24, 2.45) is 0 Å². The molecular formula is C17H18N6O4S. The highest BCUT2D eigenvalue weighted by Gasteiger charge is 2.26. The number of nitrogens with zero attached hydrogens (tertiary/aromatic N) is 3. The third kappa shape index (κ3) is 3.66. The van der Waals surface area contributed by atoms with Gasteiger partial charge in [-0.3, -0.25) is 9.78 Å². The number of sulfonamides is 1. The Balaban J connectivity index is 1.50. The van der Waals surface area contributed by atoms with Crippen LogP contribution in [0.5, 0.6) is 0 Å². The molecule has 1 aliphatic heterocycles. The van der Waals surface area contributed by atoms with Crippen LogP contribution in [0.4, 0.5) is 5.95 Å². The first-order chi connectivity index (χ1) is 13.4. The third-order valence-corrected chi connectivity index (χ3v) is 6.19. The number of aromatic nitrogens is 4. The number of hydrogen-bond acceptors (Lipinski definition) is 7. The number of anilines is 1. The molecular weight excluding hydrogens is 384 g/mol. The predicted molar refractivity (Wildman–Crippen MR) is 103 cm³/mol. The summed E-state index contributed by atoms with van der Waals surface area (Å²) in [4.78, 5) is 38.2. The largest absolute Gasteiger partial charge is 0.341 e. The minimum atomic E-state index is -3.80. The number of aromatic amines is 2. The Morgan fingerprint density at radius 2 is 1.79 bits per heavy atom. The summed E-state index contributed by atoms with van der Waals surface area (Å²) in [6.07, 6.45) is 4.57. The van der Waals surface area contributed by atoms with Gasteiger partial charge in [0, 0.05) is 31.5 Å². The van der Waals surface area contributed by atoms with E-state index in [1.165, 1.54) is 18.2 Å². The fourth-order valence-electron chi connectivity index (χ4n) is 3.25. The standard InChI is InChI=1S/C17H18N6O4S/c24-15-13-10-12(2-3-14(13)20-17(25)21-15)28(26,27)22-11-4-8-23(9-5-11)16-18-6-1-7-19-16/h1-3,6-7,10-11,22H,4-5,8-9H2,(H2,20,21,24,25). The maximum atomic E-state index is 12.7. The van der Waals surface area contributed by atoms with Crippen LogP contribution in [0, 0.1) is 0 Å². The van der Waals surface area contributed by atoms with Crippen molar-refractivity contribution in [3.63, 3.8) is 0 Å². The predicted octanol–water partition coefficient (Wildman–Crippen LogP) is -0.0463. The van der Waals surface area contributed by atoms with Crippen molar-refractivity contribution in [2.75, 3.05) is 18.0 Å². The van der Waals surface area contributed by atoms with E-state index in [0.29, 0.717) is 31.9 Å². The molecule has 0 atom stereocenters. The van der Waals surface area contributed by atoms with Gasteiger partial charge in [-0.05, 0) is 37.1 Å². The molecule has 11 heteroatoms. The van der Waals surface area contributed by atoms with Crippen LogP contribution in [0.15, 0.2) is 51.1 Å². The third-order valence-electron chi connectivity index (χ3n) is 4.67. The Hall–Kier alpha value is -3.05. The van der Waals surface area contributed by atoms with Crippen molar-refractivity contribution in [3.05, 3.63) is 57.5 Å². The molecule has 2 aromatic heterocycles. The number of H-pyrrole nitrogens is 2. The van der Waals surface area contributed by atoms with Crippen molar-refractivity contribution < 1.29 is 8.42 Å². The minimum absolute atomic E-state index is 0.0219. The molecule has 1 aliphatic rings. The second-order valence-electron chi connectivity index (χ2n) is 6.55. The highest BCUT2D eigenvalue weighted by Crippen LogP contribution is 2.19. The van der Waals surface area contributed by atoms with Crippen LogP contribution in [0.2, 0.25) is 0 Å². The second-order valence-corrected chi connectivity index (χ2v) is 8.26. The highest BCUT2D eigenvalue weighted by atomic mass is 32.2. The summed E-state index contributed by atoms with van der Waals surface area (Å²) >= 11 is 0. The molecule has 28 heavy (non-hydrogen) atoms. The maximum absolute atomic E-state index is 12.7. The summed E-state index contributed by atoms with van der Waals surface area (Å²) in [6, 6.07) is 5.56. The zero-order valence-corrected chi connectivity index (χ0v) is 15.6. The van der Waals surface area contributed by atoms with Gasteiger partial charge in [-0.25, -0.2) is 27.9 Å². The number of hydrogen-bond donors (Lipinski definition) is 3. The van der Waals surface area contributed by atoms with Gasteiger partial charge < -0.3 is 9.88 Å². The van der Waals surface area contributed by atoms with Crippen molar-refractivity contribution in [2.45, 2.75) is 23.8 Å². The van der Waals surface area contributed by atoms with E-state index in [4.69, 9.17) is 0 Å². The summed E-state index contributed by atoms with van der Waals surface area (Å²) in [5.74, 6) is 0.631. The van der Waals surface area contributed by atoms with Crippen LogP contribution >= 0.6 is 0 Å². The highest BCUT2D eigenvalue weighted by molar-refractivity contribution is 7.89. The maximum Gasteiger partial charge on any atom is 0.326 e. The van der Waals surface area contributed by atoms with E-state index in [1.807, 2.05) is 4.90 Å². The van der Waals surface area contributed by atoms with E-state index >= 15 is 0 Å². The van der Waals surface area contributed by atoms with E-state index < -0.39 is 21.3 Å². The molecule has 0 aliphatic carbocycles. The summed E-state index contributed by atoms with van der Waals surface area (Å²) in [5.41, 5.74) is -0.990. The molecule has 0 radical (unpaired) electrons. The van der Waals surface area contributed by atoms with Crippen LogP contribution in [0.1, 0.15) is 12.8 Å². The Morgan fingerprint density at radius 1 is 1.07 bits per heavy atom. The van der Waals surface area contributed by atoms with Crippen LogP contribution in [0.3, 0.4) is 0 Å². The second kappa shape index (κ2) is 7.17. The molecule has 3 heterocycles. The van der Waals surface area contributed by atoms with Crippen molar-refractivity contribution in [1.82, 2.24) is 24.7 Å². The Morgan fingerprint density at radius 3 is 2.50 bits per heavy atom. The van der Waals surface area contributed by atoms with Gasteiger partial charge >= 0.3 is 5.69 Å². The molecule has 1 fully saturated rings. The zero-order chi connectivity index (χ0) is 19.7. The molecule has 4 rings (SSSR count). The fraction of sp³-hybridized carbons (Fsp3) is 0.294. The number of rotatable bonds is 4. The molecule has 10 nitrogen and oxygen atoms in total. The van der Waals surface area contributed by atoms with Crippen LogP contribution < -0.4 is 20.9 Å². The molecule has 0 unspecified atom stereocenters. The lowest BCUT2D eigenvalue weighted by atomic mass is 10.1. The van der Waals surface area contributed by atoms with Gasteiger partial charge in [0.1, 0.15) is 0 Å². The van der Waals surface area contributed by atoms with E-state index in [0.717, 1.165) is 0 Å². The van der Waals surface area contributed by atoms with Crippen LogP contribution in [0.25, 0.3) is 10.9 Å². The average Bonchev–Trinajstić information content (AvgIpc) is 2.68. The Labute approximate surface area is 159 Å². The zero-order valence-electron chi connectivity index (χ0n) is 14.8. The summed E-state index contributed by atoms with van der Waals surface area (Å²) in [6.45, 7) is 1.27. The lowest BCUT2D eigenvalue weighted by molar-refractivity contribution is 0.456. The van der Waals surface area contributed by atoms with E-state index in [1.54, 1.807) is 18.5 Å². The SMILES string of the molecule is O=c1[nH]c(=O)c2cc(S(=O)(=O)NC3CCN(c4ncccn4)CC3)ccc2[nH]1. The molecule has 146 valence electrons. The number of fused-ring (bicyclic) bond motifs is 1. The smallest absolute Gasteiger partial charge is 0.326 e. The van der Waals surface area contributed by atoms with Crippen molar-refractivity contribution in [3.8, 4) is 0 Å². The lowest BCUT2D eigenvalue weighted by Crippen LogP contribution is -2.45. The van der Waals surface area contributed by atoms with Gasteiger partial charge in [-0.2, -0.15) is 0 Å². The quantitative estimate of drug-likeness (QED) is 0.556. The van der Waals surface area contributed by atoms with E-state index in [-0.39, 0.29) is 21.8 Å². The topological polar surface area (TPSA) is 141 Å². The molecule has 3 aromatic rings. The summed E-state index contributed by atoms with van der Waals surface area (Å²) < 4.78 is 28.2. The molecule has 1 saturated heterocycles. The van der Waals surface area contributed by atoms with Gasteiger partial charge in [0.05, 0.1) is 15.8 Å². The average molecular weight is 402 g/mol. The normalized spacial score (nSPS) is 15.8. The number of nitrogens with one attached hydrogen (secondary N) is 3. The molecule has 1 aromatic carbocycles. The Kier molecular flexibility index (Phi) is 4.69. The van der Waals surface area contributed by atoms with Gasteiger partial charge in [0.25, 0.3) is 5.56 Å². The van der Waals surface area contributed by atoms with Gasteiger partial charge in [-0.15, -0.1) is 0 Å². The molecule has 0 amide bonds. The molecule has 0 spiro atoms. The fourth-order valence-corrected chi connectivity index (χ4v) is 4.58. The summed E-state index contributed by atoms with van der Waals surface area (Å²) in [5, 5.41) is 0.110. The molecule has 3 N–H and O–H groups in total. The molecule has 0 bridgehead atoms. The van der Waals surface area contributed by atoms with E-state index in [2.05, 4.69) is 24.7 Å². The Bertz CT molecular complexity index is 1210. The molecule has 0 saturated carbocycles. The van der Waals surface area contributed by atoms with Gasteiger partial charge in [0.15, 0.2) is 0 Å². The summed E-state index contributed by atoms with van der Waals surface area (Å²) in [7, 11) is -3.80. The van der Waals surface area contributed by atoms with Gasteiger partial charge in [-0.1, -0.05) is 0 Å². The lowest BCUT2D eigenvalue weighted by Gasteiger charge is -2.32. The van der Waals surface area contributed by atoms with Gasteiger partial charge in [0.2, 0.25) is 16.0 Å². The first kappa shape index (κ1) is 18.3. The monoisotopic (exact) mass is 402 g/mol. The van der Waals surface area contributed by atoms with Crippen molar-refractivity contribution >= 4 is 26.9 Å².